The highest BCUT2D eigenvalue weighted by Gasteiger charge is 2.21. The van der Waals surface area contributed by atoms with Crippen molar-refractivity contribution in [2.75, 3.05) is 13.7 Å². The average molecular weight is 336 g/mol. The van der Waals surface area contributed by atoms with Crippen molar-refractivity contribution >= 4 is 17.5 Å². The molecule has 0 fully saturated rings. The van der Waals surface area contributed by atoms with E-state index < -0.39 is 0 Å². The van der Waals surface area contributed by atoms with E-state index in [0.717, 1.165) is 5.56 Å². The number of ether oxygens (including phenoxy) is 1. The summed E-state index contributed by atoms with van der Waals surface area (Å²) in [6.07, 6.45) is 0. The van der Waals surface area contributed by atoms with Crippen LogP contribution in [-0.4, -0.2) is 35.4 Å². The normalized spacial score (nSPS) is 12.2. The Morgan fingerprint density at radius 1 is 1.35 bits per heavy atom. The zero-order chi connectivity index (χ0) is 17.0. The average Bonchev–Trinajstić information content (AvgIpc) is 2.76. The van der Waals surface area contributed by atoms with E-state index in [0.29, 0.717) is 29.6 Å². The number of nitrogens with zero attached hydrogens (tertiary/aromatic N) is 2. The summed E-state index contributed by atoms with van der Waals surface area (Å²) < 4.78 is 6.68. The van der Waals surface area contributed by atoms with Crippen molar-refractivity contribution in [3.05, 3.63) is 51.8 Å². The molecule has 1 heterocycles. The molecule has 0 saturated heterocycles. The molecule has 1 N–H and O–H groups in total. The van der Waals surface area contributed by atoms with Crippen LogP contribution in [0.3, 0.4) is 0 Å². The summed E-state index contributed by atoms with van der Waals surface area (Å²) in [5.41, 5.74) is 3.31. The van der Waals surface area contributed by atoms with E-state index in [1.807, 2.05) is 38.1 Å². The van der Waals surface area contributed by atoms with Crippen LogP contribution in [0.15, 0.2) is 24.3 Å². The first-order valence-corrected chi connectivity index (χ1v) is 7.88. The molecule has 0 aliphatic carbocycles. The lowest BCUT2D eigenvalue weighted by atomic mass is 10.1. The predicted molar refractivity (Wildman–Crippen MR) is 91.1 cm³/mol. The van der Waals surface area contributed by atoms with Gasteiger partial charge in [-0.15, -0.1) is 0 Å². The Bertz CT molecular complexity index is 680. The quantitative estimate of drug-likeness (QED) is 0.883. The Hall–Kier alpha value is -1.85. The summed E-state index contributed by atoms with van der Waals surface area (Å²) in [7, 11) is 1.60. The minimum Gasteiger partial charge on any atom is -0.383 e. The zero-order valence-corrected chi connectivity index (χ0v) is 14.6. The lowest BCUT2D eigenvalue weighted by molar-refractivity contribution is 0.0905. The molecule has 0 bridgehead atoms. The van der Waals surface area contributed by atoms with E-state index in [-0.39, 0.29) is 11.9 Å². The second-order valence-electron chi connectivity index (χ2n) is 5.72. The van der Waals surface area contributed by atoms with Gasteiger partial charge in [0.2, 0.25) is 0 Å². The number of benzene rings is 1. The molecule has 124 valence electrons. The van der Waals surface area contributed by atoms with Gasteiger partial charge in [-0.1, -0.05) is 41.4 Å². The van der Waals surface area contributed by atoms with Crippen LogP contribution in [-0.2, 0) is 11.3 Å². The van der Waals surface area contributed by atoms with Gasteiger partial charge in [-0.05, 0) is 26.3 Å². The monoisotopic (exact) mass is 335 g/mol. The van der Waals surface area contributed by atoms with Gasteiger partial charge in [0.15, 0.2) is 0 Å². The Kier molecular flexibility index (Phi) is 5.80. The fourth-order valence-electron chi connectivity index (χ4n) is 2.37. The molecule has 1 amide bonds. The molecular weight excluding hydrogens is 314 g/mol. The molecule has 1 aromatic heterocycles. The van der Waals surface area contributed by atoms with Crippen LogP contribution in [0.5, 0.6) is 0 Å². The van der Waals surface area contributed by atoms with Crippen LogP contribution < -0.4 is 5.32 Å². The summed E-state index contributed by atoms with van der Waals surface area (Å²) in [6.45, 7) is 6.67. The van der Waals surface area contributed by atoms with Gasteiger partial charge in [0.05, 0.1) is 24.4 Å². The third-order valence-electron chi connectivity index (χ3n) is 3.54. The summed E-state index contributed by atoms with van der Waals surface area (Å²) in [5.74, 6) is -0.229. The molecule has 0 radical (unpaired) electrons. The summed E-state index contributed by atoms with van der Waals surface area (Å²) in [5, 5.41) is 7.61. The standard InChI is InChI=1S/C17H22ClN3O2/c1-11-5-7-14(8-6-11)9-21-16(18)15(13(3)20-21)17(22)19-12(2)10-23-4/h5-8,12H,9-10H2,1-4H3,(H,19,22). The van der Waals surface area contributed by atoms with E-state index in [4.69, 9.17) is 16.3 Å². The maximum absolute atomic E-state index is 12.4. The van der Waals surface area contributed by atoms with E-state index in [9.17, 15) is 4.79 Å². The van der Waals surface area contributed by atoms with Gasteiger partial charge >= 0.3 is 0 Å². The highest BCUT2D eigenvalue weighted by Crippen LogP contribution is 2.21. The number of methoxy groups -OCH3 is 1. The molecule has 2 rings (SSSR count). The van der Waals surface area contributed by atoms with Crippen LogP contribution in [0.25, 0.3) is 0 Å². The van der Waals surface area contributed by atoms with E-state index in [1.54, 1.807) is 18.7 Å². The van der Waals surface area contributed by atoms with Crippen LogP contribution in [0.1, 0.15) is 34.1 Å². The fraction of sp³-hybridized carbons (Fsp3) is 0.412. The SMILES string of the molecule is COCC(C)NC(=O)c1c(C)nn(Cc2ccc(C)cc2)c1Cl. The van der Waals surface area contributed by atoms with E-state index in [2.05, 4.69) is 10.4 Å². The molecule has 0 aliphatic rings. The van der Waals surface area contributed by atoms with Crippen LogP contribution >= 0.6 is 11.6 Å². The lowest BCUT2D eigenvalue weighted by Crippen LogP contribution is -2.35. The van der Waals surface area contributed by atoms with Crippen molar-refractivity contribution < 1.29 is 9.53 Å². The van der Waals surface area contributed by atoms with Crippen molar-refractivity contribution in [2.24, 2.45) is 0 Å². The molecule has 6 heteroatoms. The lowest BCUT2D eigenvalue weighted by Gasteiger charge is -2.12. The highest BCUT2D eigenvalue weighted by molar-refractivity contribution is 6.33. The number of rotatable bonds is 6. The highest BCUT2D eigenvalue weighted by atomic mass is 35.5. The molecule has 2 aromatic rings. The minimum absolute atomic E-state index is 0.0941. The number of amides is 1. The number of carbonyl (C=O) groups excluding carboxylic acids is 1. The first kappa shape index (κ1) is 17.5. The Labute approximate surface area is 141 Å². The van der Waals surface area contributed by atoms with Gasteiger partial charge in [0.1, 0.15) is 5.15 Å². The number of halogens is 1. The molecule has 0 saturated carbocycles. The van der Waals surface area contributed by atoms with Crippen molar-refractivity contribution in [2.45, 2.75) is 33.4 Å². The fourth-order valence-corrected chi connectivity index (χ4v) is 2.69. The number of carbonyl (C=O) groups is 1. The van der Waals surface area contributed by atoms with Gasteiger partial charge in [-0.2, -0.15) is 5.10 Å². The van der Waals surface area contributed by atoms with Crippen molar-refractivity contribution in [1.82, 2.24) is 15.1 Å². The van der Waals surface area contributed by atoms with Crippen molar-refractivity contribution in [1.29, 1.82) is 0 Å². The molecule has 0 spiro atoms. The third kappa shape index (κ3) is 4.33. The largest absolute Gasteiger partial charge is 0.383 e. The summed E-state index contributed by atoms with van der Waals surface area (Å²) in [6, 6.07) is 8.05. The number of aryl methyl sites for hydroxylation is 2. The number of aromatic nitrogens is 2. The van der Waals surface area contributed by atoms with Gasteiger partial charge in [0.25, 0.3) is 5.91 Å². The zero-order valence-electron chi connectivity index (χ0n) is 13.9. The summed E-state index contributed by atoms with van der Waals surface area (Å²) in [4.78, 5) is 12.4. The van der Waals surface area contributed by atoms with Crippen LogP contribution in [0.4, 0.5) is 0 Å². The Balaban J connectivity index is 2.18. The second kappa shape index (κ2) is 7.62. The Morgan fingerprint density at radius 3 is 2.61 bits per heavy atom. The molecule has 1 unspecified atom stereocenters. The number of hydrogen-bond acceptors (Lipinski definition) is 3. The predicted octanol–water partition coefficient (Wildman–Crippen LogP) is 2.97. The summed E-state index contributed by atoms with van der Waals surface area (Å²) >= 11 is 6.37. The van der Waals surface area contributed by atoms with Crippen molar-refractivity contribution in [3.63, 3.8) is 0 Å². The Morgan fingerprint density at radius 2 is 2.00 bits per heavy atom. The molecule has 0 aliphatic heterocycles. The molecule has 1 aromatic carbocycles. The van der Waals surface area contributed by atoms with Gasteiger partial charge in [0, 0.05) is 13.2 Å². The van der Waals surface area contributed by atoms with Crippen LogP contribution in [0, 0.1) is 13.8 Å². The third-order valence-corrected chi connectivity index (χ3v) is 3.92. The molecule has 23 heavy (non-hydrogen) atoms. The molecule has 1 atom stereocenters. The second-order valence-corrected chi connectivity index (χ2v) is 6.08. The first-order chi connectivity index (χ1) is 10.9. The maximum Gasteiger partial charge on any atom is 0.256 e. The molecular formula is C17H22ClN3O2. The van der Waals surface area contributed by atoms with Crippen LogP contribution in [0.2, 0.25) is 5.15 Å². The van der Waals surface area contributed by atoms with E-state index in [1.165, 1.54) is 5.56 Å². The van der Waals surface area contributed by atoms with Gasteiger partial charge < -0.3 is 10.1 Å². The minimum atomic E-state index is -0.229. The topological polar surface area (TPSA) is 56.1 Å². The van der Waals surface area contributed by atoms with Gasteiger partial charge in [-0.3, -0.25) is 4.79 Å². The smallest absolute Gasteiger partial charge is 0.256 e. The van der Waals surface area contributed by atoms with Crippen molar-refractivity contribution in [3.8, 4) is 0 Å². The number of nitrogens with one attached hydrogen (secondary N) is 1. The molecule has 5 nitrogen and oxygen atoms in total. The van der Waals surface area contributed by atoms with E-state index >= 15 is 0 Å². The maximum atomic E-state index is 12.4. The number of hydrogen-bond donors (Lipinski definition) is 1. The van der Waals surface area contributed by atoms with Gasteiger partial charge in [-0.25, -0.2) is 4.68 Å². The first-order valence-electron chi connectivity index (χ1n) is 7.50.